The van der Waals surface area contributed by atoms with Crippen molar-refractivity contribution in [3.8, 4) is 0 Å². The van der Waals surface area contributed by atoms with Gasteiger partial charge in [-0.3, -0.25) is 4.79 Å². The fraction of sp³-hybridized carbons (Fsp3) is 0.500. The summed E-state index contributed by atoms with van der Waals surface area (Å²) in [5, 5.41) is 12.7. The van der Waals surface area contributed by atoms with Crippen molar-refractivity contribution in [2.75, 3.05) is 19.6 Å². The zero-order valence-electron chi connectivity index (χ0n) is 14.1. The van der Waals surface area contributed by atoms with Crippen LogP contribution in [0.2, 0.25) is 5.02 Å². The molecule has 7 heteroatoms. The molecule has 25 heavy (non-hydrogen) atoms. The quantitative estimate of drug-likeness (QED) is 0.910. The molecular formula is C18H22ClN5O. The number of fused-ring (bicyclic) bond motifs is 1. The van der Waals surface area contributed by atoms with Gasteiger partial charge in [-0.2, -0.15) is 0 Å². The molecule has 1 N–H and O–H groups in total. The molecule has 0 unspecified atom stereocenters. The summed E-state index contributed by atoms with van der Waals surface area (Å²) in [5.74, 6) is 2.66. The number of rotatable bonds is 3. The van der Waals surface area contributed by atoms with Gasteiger partial charge in [-0.05, 0) is 24.5 Å². The zero-order chi connectivity index (χ0) is 17.2. The molecule has 0 radical (unpaired) electrons. The maximum absolute atomic E-state index is 12.6. The van der Waals surface area contributed by atoms with Crippen LogP contribution in [0, 0.1) is 0 Å². The Morgan fingerprint density at radius 1 is 1.20 bits per heavy atom. The van der Waals surface area contributed by atoms with Crippen LogP contribution in [0.1, 0.15) is 36.0 Å². The van der Waals surface area contributed by atoms with Crippen molar-refractivity contribution in [2.24, 2.45) is 0 Å². The Bertz CT molecular complexity index is 767. The molecule has 2 aromatic rings. The number of amides is 1. The van der Waals surface area contributed by atoms with Crippen molar-refractivity contribution < 1.29 is 4.79 Å². The van der Waals surface area contributed by atoms with Crippen LogP contribution >= 0.6 is 11.6 Å². The van der Waals surface area contributed by atoms with Gasteiger partial charge >= 0.3 is 0 Å². The first-order valence-electron chi connectivity index (χ1n) is 8.86. The third-order valence-electron chi connectivity index (χ3n) is 5.16. The summed E-state index contributed by atoms with van der Waals surface area (Å²) in [4.78, 5) is 14.5. The predicted molar refractivity (Wildman–Crippen MR) is 95.4 cm³/mol. The van der Waals surface area contributed by atoms with Crippen LogP contribution in [0.5, 0.6) is 0 Å². The second-order valence-electron chi connectivity index (χ2n) is 6.73. The molecule has 1 fully saturated rings. The Hall–Kier alpha value is -1.92. The van der Waals surface area contributed by atoms with E-state index in [0.717, 1.165) is 62.8 Å². The van der Waals surface area contributed by atoms with Crippen LogP contribution < -0.4 is 5.32 Å². The molecule has 1 amide bonds. The molecule has 3 heterocycles. The van der Waals surface area contributed by atoms with E-state index in [1.54, 1.807) is 0 Å². The number of hydrogen-bond donors (Lipinski definition) is 1. The Morgan fingerprint density at radius 2 is 2.00 bits per heavy atom. The molecule has 4 rings (SSSR count). The number of carbonyl (C=O) groups is 1. The van der Waals surface area contributed by atoms with E-state index < -0.39 is 0 Å². The van der Waals surface area contributed by atoms with E-state index in [1.807, 2.05) is 29.2 Å². The van der Waals surface area contributed by atoms with Crippen LogP contribution in [-0.4, -0.2) is 45.2 Å². The van der Waals surface area contributed by atoms with Gasteiger partial charge in [-0.15, -0.1) is 10.2 Å². The number of piperidine rings is 1. The Labute approximate surface area is 152 Å². The molecule has 132 valence electrons. The number of nitrogens with one attached hydrogen (secondary N) is 1. The second-order valence-corrected chi connectivity index (χ2v) is 7.13. The van der Waals surface area contributed by atoms with Crippen molar-refractivity contribution in [1.29, 1.82) is 0 Å². The molecular weight excluding hydrogens is 338 g/mol. The lowest BCUT2D eigenvalue weighted by molar-refractivity contribution is -0.131. The summed E-state index contributed by atoms with van der Waals surface area (Å²) in [6, 6.07) is 7.56. The van der Waals surface area contributed by atoms with Gasteiger partial charge in [0.25, 0.3) is 0 Å². The summed E-state index contributed by atoms with van der Waals surface area (Å²) < 4.78 is 2.25. The van der Waals surface area contributed by atoms with Crippen molar-refractivity contribution in [2.45, 2.75) is 38.3 Å². The van der Waals surface area contributed by atoms with Gasteiger partial charge in [0.05, 0.1) is 13.0 Å². The fourth-order valence-corrected chi connectivity index (χ4v) is 3.92. The smallest absolute Gasteiger partial charge is 0.227 e. The van der Waals surface area contributed by atoms with E-state index in [9.17, 15) is 4.79 Å². The molecule has 1 aromatic heterocycles. The molecule has 1 aromatic carbocycles. The number of halogens is 1. The number of likely N-dealkylation sites (tertiary alicyclic amines) is 1. The fourth-order valence-electron chi connectivity index (χ4n) is 3.72. The summed E-state index contributed by atoms with van der Waals surface area (Å²) in [6.07, 6.45) is 2.26. The molecule has 2 aliphatic rings. The van der Waals surface area contributed by atoms with Gasteiger partial charge < -0.3 is 14.8 Å². The van der Waals surface area contributed by atoms with Crippen LogP contribution in [0.25, 0.3) is 0 Å². The molecule has 0 saturated carbocycles. The highest BCUT2D eigenvalue weighted by molar-refractivity contribution is 6.31. The third-order valence-corrected chi connectivity index (χ3v) is 5.53. The Kier molecular flexibility index (Phi) is 4.72. The first-order valence-corrected chi connectivity index (χ1v) is 9.24. The van der Waals surface area contributed by atoms with E-state index in [-0.39, 0.29) is 5.91 Å². The molecule has 0 bridgehead atoms. The number of carbonyl (C=O) groups excluding carboxylic acids is 1. The van der Waals surface area contributed by atoms with Crippen LogP contribution in [0.15, 0.2) is 24.3 Å². The lowest BCUT2D eigenvalue weighted by Gasteiger charge is -2.32. The summed E-state index contributed by atoms with van der Waals surface area (Å²) in [7, 11) is 0. The van der Waals surface area contributed by atoms with Gasteiger partial charge in [0.2, 0.25) is 5.91 Å². The number of aromatic nitrogens is 3. The number of nitrogens with zero attached hydrogens (tertiary/aromatic N) is 4. The maximum atomic E-state index is 12.6. The lowest BCUT2D eigenvalue weighted by atomic mass is 9.95. The molecule has 0 aliphatic carbocycles. The SMILES string of the molecule is O=C(Cc1ccccc1Cl)N1CCC(c2nnc3n2CCNC3)CC1. The van der Waals surface area contributed by atoms with E-state index in [0.29, 0.717) is 17.4 Å². The molecule has 0 spiro atoms. The second kappa shape index (κ2) is 7.14. The van der Waals surface area contributed by atoms with Gasteiger partial charge in [0.15, 0.2) is 0 Å². The van der Waals surface area contributed by atoms with Gasteiger partial charge in [0, 0.05) is 37.1 Å². The average Bonchev–Trinajstić information content (AvgIpc) is 3.08. The molecule has 2 aliphatic heterocycles. The highest BCUT2D eigenvalue weighted by atomic mass is 35.5. The van der Waals surface area contributed by atoms with E-state index in [2.05, 4.69) is 20.1 Å². The monoisotopic (exact) mass is 359 g/mol. The van der Waals surface area contributed by atoms with Crippen molar-refractivity contribution >= 4 is 17.5 Å². The van der Waals surface area contributed by atoms with Gasteiger partial charge in [0.1, 0.15) is 11.6 Å². The van der Waals surface area contributed by atoms with E-state index in [4.69, 9.17) is 11.6 Å². The minimum Gasteiger partial charge on any atom is -0.342 e. The first kappa shape index (κ1) is 16.5. The highest BCUT2D eigenvalue weighted by Gasteiger charge is 2.28. The van der Waals surface area contributed by atoms with Crippen LogP contribution in [0.3, 0.4) is 0 Å². The summed E-state index contributed by atoms with van der Waals surface area (Å²) in [6.45, 7) is 4.24. The van der Waals surface area contributed by atoms with Crippen LogP contribution in [0.4, 0.5) is 0 Å². The maximum Gasteiger partial charge on any atom is 0.227 e. The van der Waals surface area contributed by atoms with E-state index in [1.165, 1.54) is 0 Å². The first-order chi connectivity index (χ1) is 12.2. The molecule has 6 nitrogen and oxygen atoms in total. The average molecular weight is 360 g/mol. The Morgan fingerprint density at radius 3 is 2.80 bits per heavy atom. The zero-order valence-corrected chi connectivity index (χ0v) is 14.9. The van der Waals surface area contributed by atoms with Gasteiger partial charge in [-0.25, -0.2) is 0 Å². The Balaban J connectivity index is 1.37. The summed E-state index contributed by atoms with van der Waals surface area (Å²) >= 11 is 6.17. The molecule has 0 atom stereocenters. The predicted octanol–water partition coefficient (Wildman–Crippen LogP) is 1.98. The number of hydrogen-bond acceptors (Lipinski definition) is 4. The number of benzene rings is 1. The van der Waals surface area contributed by atoms with E-state index >= 15 is 0 Å². The standard InChI is InChI=1S/C18H22ClN5O/c19-15-4-2-1-3-14(15)11-17(25)23-8-5-13(6-9-23)18-22-21-16-12-20-7-10-24(16)18/h1-4,13,20H,5-12H2. The minimum absolute atomic E-state index is 0.152. The third kappa shape index (κ3) is 3.41. The van der Waals surface area contributed by atoms with Crippen molar-refractivity contribution in [3.63, 3.8) is 0 Å². The topological polar surface area (TPSA) is 63.1 Å². The van der Waals surface area contributed by atoms with Crippen LogP contribution in [-0.2, 0) is 24.3 Å². The minimum atomic E-state index is 0.152. The normalized spacial score (nSPS) is 18.2. The summed E-state index contributed by atoms with van der Waals surface area (Å²) in [5.41, 5.74) is 0.898. The molecule has 1 saturated heterocycles. The highest BCUT2D eigenvalue weighted by Crippen LogP contribution is 2.28. The van der Waals surface area contributed by atoms with Gasteiger partial charge in [-0.1, -0.05) is 29.8 Å². The lowest BCUT2D eigenvalue weighted by Crippen LogP contribution is -2.39. The van der Waals surface area contributed by atoms with Crippen molar-refractivity contribution in [3.05, 3.63) is 46.5 Å². The largest absolute Gasteiger partial charge is 0.342 e. The van der Waals surface area contributed by atoms with Crippen molar-refractivity contribution in [1.82, 2.24) is 25.0 Å².